The lowest BCUT2D eigenvalue weighted by molar-refractivity contribution is 0.152. The number of hydrogen-bond acceptors (Lipinski definition) is 2. The summed E-state index contributed by atoms with van der Waals surface area (Å²) in [6.45, 7) is 9.05. The van der Waals surface area contributed by atoms with E-state index < -0.39 is 0 Å². The molecule has 0 radical (unpaired) electrons. The quantitative estimate of drug-likeness (QED) is 0.787. The van der Waals surface area contributed by atoms with E-state index in [1.54, 1.807) is 0 Å². The molecule has 1 saturated heterocycles. The molecule has 0 aliphatic carbocycles. The van der Waals surface area contributed by atoms with Gasteiger partial charge in [-0.2, -0.15) is 0 Å². The minimum absolute atomic E-state index is 0.750. The van der Waals surface area contributed by atoms with E-state index in [1.165, 1.54) is 43.4 Å². The van der Waals surface area contributed by atoms with Gasteiger partial charge in [0.25, 0.3) is 0 Å². The Morgan fingerprint density at radius 1 is 1.16 bits per heavy atom. The molecule has 1 aromatic rings. The zero-order valence-electron chi connectivity index (χ0n) is 12.5. The maximum atomic E-state index is 3.45. The first-order valence-electron chi connectivity index (χ1n) is 7.82. The maximum Gasteiger partial charge on any atom is 0.0236 e. The minimum Gasteiger partial charge on any atom is -0.313 e. The third-order valence-corrected chi connectivity index (χ3v) is 4.11. The molecule has 0 bridgehead atoms. The molecule has 2 rings (SSSR count). The second-order valence-electron chi connectivity index (χ2n) is 5.81. The van der Waals surface area contributed by atoms with E-state index >= 15 is 0 Å². The minimum atomic E-state index is 0.750. The van der Waals surface area contributed by atoms with Crippen LogP contribution in [0.15, 0.2) is 24.3 Å². The number of rotatable bonds is 6. The standard InChI is InChI=1S/C17H28N2/c1-3-11-18-13-16-7-9-17(10-8-16)14-19-12-5-4-6-15(19)2/h7-10,15,18H,3-6,11-14H2,1-2H3. The van der Waals surface area contributed by atoms with Crippen LogP contribution >= 0.6 is 0 Å². The second-order valence-corrected chi connectivity index (χ2v) is 5.81. The van der Waals surface area contributed by atoms with Crippen molar-refractivity contribution in [3.8, 4) is 0 Å². The van der Waals surface area contributed by atoms with E-state index in [1.807, 2.05) is 0 Å². The summed E-state index contributed by atoms with van der Waals surface area (Å²) in [7, 11) is 0. The highest BCUT2D eigenvalue weighted by Gasteiger charge is 2.17. The molecule has 2 nitrogen and oxygen atoms in total. The fourth-order valence-corrected chi connectivity index (χ4v) is 2.80. The van der Waals surface area contributed by atoms with Gasteiger partial charge in [-0.05, 0) is 50.4 Å². The summed E-state index contributed by atoms with van der Waals surface area (Å²) >= 11 is 0. The predicted molar refractivity (Wildman–Crippen MR) is 82.2 cm³/mol. The first-order valence-corrected chi connectivity index (χ1v) is 7.82. The molecule has 1 aromatic carbocycles. The highest BCUT2D eigenvalue weighted by Crippen LogP contribution is 2.19. The normalized spacial score (nSPS) is 20.6. The van der Waals surface area contributed by atoms with Crippen molar-refractivity contribution in [2.75, 3.05) is 13.1 Å². The van der Waals surface area contributed by atoms with Crippen LogP contribution in [0.1, 0.15) is 50.7 Å². The van der Waals surface area contributed by atoms with Gasteiger partial charge in [-0.1, -0.05) is 37.6 Å². The van der Waals surface area contributed by atoms with Crippen molar-refractivity contribution in [2.45, 2.75) is 58.7 Å². The van der Waals surface area contributed by atoms with Crippen molar-refractivity contribution in [1.82, 2.24) is 10.2 Å². The van der Waals surface area contributed by atoms with Crippen molar-refractivity contribution in [3.05, 3.63) is 35.4 Å². The summed E-state index contributed by atoms with van der Waals surface area (Å²) < 4.78 is 0. The molecule has 106 valence electrons. The Bertz CT molecular complexity index is 358. The number of piperidine rings is 1. The first kappa shape index (κ1) is 14.5. The molecule has 0 spiro atoms. The van der Waals surface area contributed by atoms with Gasteiger partial charge in [0, 0.05) is 19.1 Å². The summed E-state index contributed by atoms with van der Waals surface area (Å²) in [6.07, 6.45) is 5.33. The molecule has 2 heteroatoms. The molecular weight excluding hydrogens is 232 g/mol. The van der Waals surface area contributed by atoms with Crippen LogP contribution in [0.3, 0.4) is 0 Å². The molecule has 0 saturated carbocycles. The SMILES string of the molecule is CCCNCc1ccc(CN2CCCCC2C)cc1. The van der Waals surface area contributed by atoms with Gasteiger partial charge in [0.05, 0.1) is 0 Å². The van der Waals surface area contributed by atoms with Crippen molar-refractivity contribution in [3.63, 3.8) is 0 Å². The molecule has 1 aliphatic rings. The van der Waals surface area contributed by atoms with Gasteiger partial charge in [-0.25, -0.2) is 0 Å². The summed E-state index contributed by atoms with van der Waals surface area (Å²) in [5.74, 6) is 0. The lowest BCUT2D eigenvalue weighted by atomic mass is 10.0. The van der Waals surface area contributed by atoms with E-state index in [9.17, 15) is 0 Å². The van der Waals surface area contributed by atoms with Crippen LogP contribution in [0, 0.1) is 0 Å². The molecule has 19 heavy (non-hydrogen) atoms. The van der Waals surface area contributed by atoms with Crippen LogP contribution in [0.25, 0.3) is 0 Å². The van der Waals surface area contributed by atoms with E-state index in [0.717, 1.165) is 25.7 Å². The van der Waals surface area contributed by atoms with E-state index in [-0.39, 0.29) is 0 Å². The summed E-state index contributed by atoms with van der Waals surface area (Å²) in [5.41, 5.74) is 2.84. The maximum absolute atomic E-state index is 3.45. The molecular formula is C17H28N2. The van der Waals surface area contributed by atoms with Crippen LogP contribution in [0.2, 0.25) is 0 Å². The van der Waals surface area contributed by atoms with Crippen LogP contribution < -0.4 is 5.32 Å². The Morgan fingerprint density at radius 2 is 1.89 bits per heavy atom. The molecule has 0 aromatic heterocycles. The smallest absolute Gasteiger partial charge is 0.0236 e. The van der Waals surface area contributed by atoms with Crippen molar-refractivity contribution in [1.29, 1.82) is 0 Å². The Morgan fingerprint density at radius 3 is 2.58 bits per heavy atom. The highest BCUT2D eigenvalue weighted by atomic mass is 15.2. The number of nitrogens with zero attached hydrogens (tertiary/aromatic N) is 1. The van der Waals surface area contributed by atoms with E-state index in [2.05, 4.69) is 48.3 Å². The number of benzene rings is 1. The van der Waals surface area contributed by atoms with Gasteiger partial charge < -0.3 is 5.32 Å². The summed E-state index contributed by atoms with van der Waals surface area (Å²) in [5, 5.41) is 3.45. The number of likely N-dealkylation sites (tertiary alicyclic amines) is 1. The van der Waals surface area contributed by atoms with Crippen molar-refractivity contribution < 1.29 is 0 Å². The first-order chi connectivity index (χ1) is 9.29. The van der Waals surface area contributed by atoms with Crippen molar-refractivity contribution in [2.24, 2.45) is 0 Å². The fourth-order valence-electron chi connectivity index (χ4n) is 2.80. The van der Waals surface area contributed by atoms with Gasteiger partial charge in [0.2, 0.25) is 0 Å². The average molecular weight is 260 g/mol. The van der Waals surface area contributed by atoms with Crippen LogP contribution in [0.5, 0.6) is 0 Å². The Balaban J connectivity index is 1.84. The second kappa shape index (κ2) is 7.66. The Hall–Kier alpha value is -0.860. The molecule has 1 N–H and O–H groups in total. The molecule has 1 atom stereocenters. The van der Waals surface area contributed by atoms with Crippen LogP contribution in [0.4, 0.5) is 0 Å². The lowest BCUT2D eigenvalue weighted by Crippen LogP contribution is -2.36. The molecule has 1 aliphatic heterocycles. The third-order valence-electron chi connectivity index (χ3n) is 4.11. The van der Waals surface area contributed by atoms with E-state index in [0.29, 0.717) is 0 Å². The Labute approximate surface area is 118 Å². The highest BCUT2D eigenvalue weighted by molar-refractivity contribution is 5.22. The largest absolute Gasteiger partial charge is 0.313 e. The number of nitrogens with one attached hydrogen (secondary N) is 1. The Kier molecular flexibility index (Phi) is 5.87. The third kappa shape index (κ3) is 4.63. The zero-order chi connectivity index (χ0) is 13.5. The van der Waals surface area contributed by atoms with Crippen LogP contribution in [-0.2, 0) is 13.1 Å². The molecule has 1 fully saturated rings. The zero-order valence-corrected chi connectivity index (χ0v) is 12.5. The molecule has 1 unspecified atom stereocenters. The van der Waals surface area contributed by atoms with Gasteiger partial charge in [0.15, 0.2) is 0 Å². The molecule has 0 amide bonds. The van der Waals surface area contributed by atoms with Gasteiger partial charge in [-0.15, -0.1) is 0 Å². The number of hydrogen-bond donors (Lipinski definition) is 1. The predicted octanol–water partition coefficient (Wildman–Crippen LogP) is 3.56. The average Bonchev–Trinajstić information content (AvgIpc) is 2.44. The van der Waals surface area contributed by atoms with Crippen LogP contribution in [-0.4, -0.2) is 24.0 Å². The van der Waals surface area contributed by atoms with Crippen molar-refractivity contribution >= 4 is 0 Å². The topological polar surface area (TPSA) is 15.3 Å². The van der Waals surface area contributed by atoms with E-state index in [4.69, 9.17) is 0 Å². The summed E-state index contributed by atoms with van der Waals surface area (Å²) in [4.78, 5) is 2.62. The molecule has 1 heterocycles. The summed E-state index contributed by atoms with van der Waals surface area (Å²) in [6, 6.07) is 9.88. The fraction of sp³-hybridized carbons (Fsp3) is 0.647. The van der Waals surface area contributed by atoms with Gasteiger partial charge in [-0.3, -0.25) is 4.90 Å². The van der Waals surface area contributed by atoms with Gasteiger partial charge in [0.1, 0.15) is 0 Å². The van der Waals surface area contributed by atoms with Gasteiger partial charge >= 0.3 is 0 Å². The lowest BCUT2D eigenvalue weighted by Gasteiger charge is -2.33. The monoisotopic (exact) mass is 260 g/mol.